The van der Waals surface area contributed by atoms with Gasteiger partial charge in [0.05, 0.1) is 13.8 Å². The number of nitrogens with zero attached hydrogens (tertiary/aromatic N) is 1. The number of hydrogen-bond acceptors (Lipinski definition) is 1. The molecule has 92 valence electrons. The minimum atomic E-state index is -1.41. The van der Waals surface area contributed by atoms with E-state index in [0.29, 0.717) is 0 Å². The number of hydrogen-bond donors (Lipinski definition) is 0. The van der Waals surface area contributed by atoms with Crippen molar-refractivity contribution in [3.63, 3.8) is 0 Å². The van der Waals surface area contributed by atoms with Crippen LogP contribution in [0, 0.1) is 0 Å². The molecule has 0 bridgehead atoms. The van der Waals surface area contributed by atoms with Gasteiger partial charge in [0.2, 0.25) is 0 Å². The predicted molar refractivity (Wildman–Crippen MR) is 81.9 cm³/mol. The molecule has 0 aliphatic rings. The largest absolute Gasteiger partial charge is 0.257 e. The number of benzene rings is 1. The van der Waals surface area contributed by atoms with Crippen molar-refractivity contribution < 1.29 is 0 Å². The summed E-state index contributed by atoms with van der Waals surface area (Å²) in [5.74, 6) is 0. The third-order valence-electron chi connectivity index (χ3n) is 2.86. The summed E-state index contributed by atoms with van der Waals surface area (Å²) in [6.07, 6.45) is 4.16. The van der Waals surface area contributed by atoms with Crippen LogP contribution in [-0.4, -0.2) is 13.1 Å². The Bertz CT molecular complexity index is 524. The van der Waals surface area contributed by atoms with Crippen LogP contribution in [0.1, 0.15) is 11.3 Å². The van der Waals surface area contributed by atoms with Crippen molar-refractivity contribution >= 4 is 19.3 Å². The molecule has 2 heteroatoms. The van der Waals surface area contributed by atoms with Gasteiger partial charge >= 0.3 is 0 Å². The van der Waals surface area contributed by atoms with Crippen molar-refractivity contribution in [1.82, 2.24) is 4.98 Å². The van der Waals surface area contributed by atoms with E-state index in [2.05, 4.69) is 67.1 Å². The average Bonchev–Trinajstić information content (AvgIpc) is 2.37. The molecule has 0 N–H and O–H groups in total. The van der Waals surface area contributed by atoms with Crippen LogP contribution in [0.3, 0.4) is 0 Å². The molecule has 1 aromatic carbocycles. The monoisotopic (exact) mass is 253 g/mol. The fourth-order valence-corrected chi connectivity index (χ4v) is 3.43. The summed E-state index contributed by atoms with van der Waals surface area (Å²) in [4.78, 5) is 4.51. The molecular formula is C16H19NSi. The van der Waals surface area contributed by atoms with Gasteiger partial charge in [0.1, 0.15) is 0 Å². The second-order valence-electron chi connectivity index (χ2n) is 5.43. The van der Waals surface area contributed by atoms with Crippen LogP contribution < -0.4 is 0 Å². The highest BCUT2D eigenvalue weighted by molar-refractivity contribution is 6.94. The summed E-state index contributed by atoms with van der Waals surface area (Å²) in [6.45, 7) is 7.07. The molecule has 0 atom stereocenters. The SMILES string of the molecule is C[Si](C)(C)/C(=C/c1ccccc1)c1ccccn1. The Morgan fingerprint density at radius 3 is 2.17 bits per heavy atom. The maximum atomic E-state index is 4.51. The van der Waals surface area contributed by atoms with Crippen molar-refractivity contribution in [3.8, 4) is 0 Å². The summed E-state index contributed by atoms with van der Waals surface area (Å²) in [5, 5.41) is 1.40. The first kappa shape index (κ1) is 12.8. The standard InChI is InChI=1S/C16H19NSi/c1-18(2,3)16(15-11-7-8-12-17-15)13-14-9-5-4-6-10-14/h4-13H,1-3H3/b16-13+. The average molecular weight is 253 g/mol. The highest BCUT2D eigenvalue weighted by Crippen LogP contribution is 2.26. The zero-order chi connectivity index (χ0) is 13.0. The first-order valence-electron chi connectivity index (χ1n) is 6.26. The summed E-state index contributed by atoms with van der Waals surface area (Å²) in [5.41, 5.74) is 2.36. The van der Waals surface area contributed by atoms with Gasteiger partial charge in [-0.3, -0.25) is 4.98 Å². The molecule has 2 rings (SSSR count). The first-order chi connectivity index (χ1) is 8.57. The van der Waals surface area contributed by atoms with Gasteiger partial charge in [0.15, 0.2) is 0 Å². The van der Waals surface area contributed by atoms with Crippen molar-refractivity contribution in [2.24, 2.45) is 0 Å². The lowest BCUT2D eigenvalue weighted by Gasteiger charge is -2.20. The molecule has 0 radical (unpaired) electrons. The number of aromatic nitrogens is 1. The van der Waals surface area contributed by atoms with E-state index >= 15 is 0 Å². The molecule has 0 fully saturated rings. The van der Waals surface area contributed by atoms with E-state index in [1.54, 1.807) is 0 Å². The van der Waals surface area contributed by atoms with Gasteiger partial charge in [0.25, 0.3) is 0 Å². The van der Waals surface area contributed by atoms with Crippen LogP contribution in [0.15, 0.2) is 54.7 Å². The Morgan fingerprint density at radius 1 is 0.944 bits per heavy atom. The summed E-state index contributed by atoms with van der Waals surface area (Å²) < 4.78 is 0. The Hall–Kier alpha value is -1.67. The molecule has 0 aliphatic heterocycles. The van der Waals surface area contributed by atoms with Gasteiger partial charge in [-0.1, -0.05) is 62.1 Å². The highest BCUT2D eigenvalue weighted by atomic mass is 28.3. The summed E-state index contributed by atoms with van der Waals surface area (Å²) in [6, 6.07) is 16.6. The summed E-state index contributed by atoms with van der Waals surface area (Å²) >= 11 is 0. The van der Waals surface area contributed by atoms with Crippen LogP contribution in [0.25, 0.3) is 11.3 Å². The smallest absolute Gasteiger partial charge is 0.0804 e. The zero-order valence-corrected chi connectivity index (χ0v) is 12.2. The van der Waals surface area contributed by atoms with Crippen molar-refractivity contribution in [2.75, 3.05) is 0 Å². The molecule has 18 heavy (non-hydrogen) atoms. The summed E-state index contributed by atoms with van der Waals surface area (Å²) in [7, 11) is -1.41. The Labute approximate surface area is 110 Å². The van der Waals surface area contributed by atoms with Crippen LogP contribution in [0.2, 0.25) is 19.6 Å². The third-order valence-corrected chi connectivity index (χ3v) is 4.88. The van der Waals surface area contributed by atoms with E-state index in [-0.39, 0.29) is 0 Å². The van der Waals surface area contributed by atoms with Crippen molar-refractivity contribution in [2.45, 2.75) is 19.6 Å². The van der Waals surface area contributed by atoms with Gasteiger partial charge in [0, 0.05) is 6.20 Å². The Balaban J connectivity index is 2.48. The molecule has 1 heterocycles. The van der Waals surface area contributed by atoms with E-state index in [1.807, 2.05) is 18.3 Å². The zero-order valence-electron chi connectivity index (χ0n) is 11.2. The minimum Gasteiger partial charge on any atom is -0.257 e. The topological polar surface area (TPSA) is 12.9 Å². The lowest BCUT2D eigenvalue weighted by atomic mass is 10.2. The quantitative estimate of drug-likeness (QED) is 0.734. The van der Waals surface area contributed by atoms with Crippen LogP contribution in [-0.2, 0) is 0 Å². The number of pyridine rings is 1. The van der Waals surface area contributed by atoms with Crippen molar-refractivity contribution in [1.29, 1.82) is 0 Å². The molecule has 0 aliphatic carbocycles. The predicted octanol–water partition coefficient (Wildman–Crippen LogP) is 4.50. The van der Waals surface area contributed by atoms with E-state index in [0.717, 1.165) is 5.69 Å². The fraction of sp³-hybridized carbons (Fsp3) is 0.188. The van der Waals surface area contributed by atoms with E-state index in [9.17, 15) is 0 Å². The van der Waals surface area contributed by atoms with Crippen LogP contribution in [0.5, 0.6) is 0 Å². The van der Waals surface area contributed by atoms with E-state index in [1.165, 1.54) is 10.8 Å². The van der Waals surface area contributed by atoms with Crippen LogP contribution in [0.4, 0.5) is 0 Å². The van der Waals surface area contributed by atoms with Crippen molar-refractivity contribution in [3.05, 3.63) is 66.0 Å². The molecule has 0 saturated carbocycles. The molecule has 0 unspecified atom stereocenters. The fourth-order valence-electron chi connectivity index (χ4n) is 1.91. The van der Waals surface area contributed by atoms with E-state index < -0.39 is 8.07 Å². The molecule has 0 amide bonds. The first-order valence-corrected chi connectivity index (χ1v) is 9.76. The van der Waals surface area contributed by atoms with Crippen LogP contribution >= 0.6 is 0 Å². The maximum absolute atomic E-state index is 4.51. The Kier molecular flexibility index (Phi) is 3.77. The van der Waals surface area contributed by atoms with Gasteiger partial charge in [-0.2, -0.15) is 0 Å². The third kappa shape index (κ3) is 3.17. The molecule has 1 aromatic heterocycles. The van der Waals surface area contributed by atoms with E-state index in [4.69, 9.17) is 0 Å². The highest BCUT2D eigenvalue weighted by Gasteiger charge is 2.21. The van der Waals surface area contributed by atoms with Gasteiger partial charge in [-0.15, -0.1) is 0 Å². The Morgan fingerprint density at radius 2 is 1.61 bits per heavy atom. The molecule has 2 aromatic rings. The van der Waals surface area contributed by atoms with Gasteiger partial charge in [-0.25, -0.2) is 0 Å². The normalized spacial score (nSPS) is 12.5. The maximum Gasteiger partial charge on any atom is 0.0804 e. The molecule has 1 nitrogen and oxygen atoms in total. The second kappa shape index (κ2) is 5.32. The molecule has 0 saturated heterocycles. The minimum absolute atomic E-state index is 1.11. The van der Waals surface area contributed by atoms with Gasteiger partial charge in [-0.05, 0) is 22.9 Å². The second-order valence-corrected chi connectivity index (χ2v) is 10.5. The lowest BCUT2D eigenvalue weighted by Crippen LogP contribution is -2.23. The molecule has 0 spiro atoms. The molecular weight excluding hydrogens is 234 g/mol. The van der Waals surface area contributed by atoms with Gasteiger partial charge < -0.3 is 0 Å². The number of rotatable bonds is 3. The lowest BCUT2D eigenvalue weighted by molar-refractivity contribution is 1.29.